The molecule has 0 aromatic heterocycles. The highest BCUT2D eigenvalue weighted by atomic mass is 35.5. The van der Waals surface area contributed by atoms with Crippen molar-refractivity contribution in [3.05, 3.63) is 0 Å². The van der Waals surface area contributed by atoms with Crippen LogP contribution in [0.1, 0.15) is 19.8 Å². The molecular formula is C6H14ClN3. The molecule has 4 heteroatoms. The van der Waals surface area contributed by atoms with Gasteiger partial charge in [0.05, 0.1) is 12.1 Å². The van der Waals surface area contributed by atoms with Crippen LogP contribution in [0.2, 0.25) is 0 Å². The maximum Gasteiger partial charge on any atom is 0.0864 e. The Kier molecular flexibility index (Phi) is 10.6. The van der Waals surface area contributed by atoms with Crippen molar-refractivity contribution in [1.29, 1.82) is 5.41 Å². The van der Waals surface area contributed by atoms with Gasteiger partial charge in [-0.05, 0) is 19.4 Å². The SMILES string of the molecule is CCC(CCN)N=C=N.Cl. The Balaban J connectivity index is 0. The van der Waals surface area contributed by atoms with E-state index in [0.29, 0.717) is 6.54 Å². The van der Waals surface area contributed by atoms with Gasteiger partial charge in [-0.25, -0.2) is 10.4 Å². The predicted molar refractivity (Wildman–Crippen MR) is 45.2 cm³/mol. The van der Waals surface area contributed by atoms with Gasteiger partial charge in [-0.2, -0.15) is 0 Å². The number of nitrogens with zero attached hydrogens (tertiary/aromatic N) is 1. The second-order valence-electron chi connectivity index (χ2n) is 1.88. The number of nitrogens with two attached hydrogens (primary N) is 1. The first-order valence-electron chi connectivity index (χ1n) is 3.16. The van der Waals surface area contributed by atoms with Gasteiger partial charge in [0.15, 0.2) is 0 Å². The quantitative estimate of drug-likeness (QED) is 0.603. The largest absolute Gasteiger partial charge is 0.330 e. The molecule has 0 aromatic rings. The Hall–Kier alpha value is -0.370. The van der Waals surface area contributed by atoms with Crippen LogP contribution in [0.4, 0.5) is 0 Å². The van der Waals surface area contributed by atoms with Gasteiger partial charge in [0.1, 0.15) is 0 Å². The lowest BCUT2D eigenvalue weighted by molar-refractivity contribution is 0.609. The number of halogens is 1. The molecule has 0 fully saturated rings. The van der Waals surface area contributed by atoms with Crippen molar-refractivity contribution in [3.8, 4) is 0 Å². The minimum absolute atomic E-state index is 0. The molecule has 0 aromatic carbocycles. The second-order valence-corrected chi connectivity index (χ2v) is 1.88. The second kappa shape index (κ2) is 8.63. The summed E-state index contributed by atoms with van der Waals surface area (Å²) in [5, 5.41) is 6.56. The topological polar surface area (TPSA) is 62.2 Å². The fourth-order valence-electron chi connectivity index (χ4n) is 0.644. The molecular weight excluding hydrogens is 150 g/mol. The van der Waals surface area contributed by atoms with Gasteiger partial charge in [-0.15, -0.1) is 12.4 Å². The van der Waals surface area contributed by atoms with Gasteiger partial charge in [0, 0.05) is 0 Å². The fraction of sp³-hybridized carbons (Fsp3) is 0.833. The molecule has 1 unspecified atom stereocenters. The van der Waals surface area contributed by atoms with E-state index < -0.39 is 0 Å². The molecule has 60 valence electrons. The summed E-state index contributed by atoms with van der Waals surface area (Å²) in [6.07, 6.45) is 1.81. The third kappa shape index (κ3) is 5.76. The van der Waals surface area contributed by atoms with Crippen LogP contribution in [0.15, 0.2) is 4.99 Å². The zero-order valence-electron chi connectivity index (χ0n) is 6.13. The van der Waals surface area contributed by atoms with E-state index in [1.54, 1.807) is 0 Å². The van der Waals surface area contributed by atoms with Crippen LogP contribution in [-0.2, 0) is 0 Å². The summed E-state index contributed by atoms with van der Waals surface area (Å²) in [6.45, 7) is 2.67. The van der Waals surface area contributed by atoms with Crippen LogP contribution < -0.4 is 5.73 Å². The van der Waals surface area contributed by atoms with Gasteiger partial charge in [-0.3, -0.25) is 0 Å². The maximum atomic E-state index is 6.56. The van der Waals surface area contributed by atoms with Crippen LogP contribution in [0.5, 0.6) is 0 Å². The van der Waals surface area contributed by atoms with Crippen molar-refractivity contribution < 1.29 is 0 Å². The van der Waals surface area contributed by atoms with Crippen LogP contribution in [-0.4, -0.2) is 18.6 Å². The lowest BCUT2D eigenvalue weighted by atomic mass is 10.2. The number of aliphatic imine (C=N–C) groups is 1. The van der Waals surface area contributed by atoms with Crippen molar-refractivity contribution in [1.82, 2.24) is 0 Å². The van der Waals surface area contributed by atoms with Crippen molar-refractivity contribution in [2.24, 2.45) is 10.7 Å². The molecule has 0 bridgehead atoms. The van der Waals surface area contributed by atoms with E-state index in [-0.39, 0.29) is 18.4 Å². The molecule has 0 saturated heterocycles. The molecule has 10 heavy (non-hydrogen) atoms. The summed E-state index contributed by atoms with van der Waals surface area (Å²) in [6, 6.07) is 2.24. The summed E-state index contributed by atoms with van der Waals surface area (Å²) in [5.74, 6) is 0. The van der Waals surface area contributed by atoms with Gasteiger partial charge < -0.3 is 5.73 Å². The highest BCUT2D eigenvalue weighted by Gasteiger charge is 1.98. The fourth-order valence-corrected chi connectivity index (χ4v) is 0.644. The van der Waals surface area contributed by atoms with Crippen LogP contribution in [0, 0.1) is 5.41 Å². The van der Waals surface area contributed by atoms with Crippen molar-refractivity contribution in [3.63, 3.8) is 0 Å². The lowest BCUT2D eigenvalue weighted by Gasteiger charge is -2.03. The molecule has 3 N–H and O–H groups in total. The van der Waals surface area contributed by atoms with Crippen molar-refractivity contribution in [2.75, 3.05) is 6.54 Å². The molecule has 0 saturated carbocycles. The third-order valence-electron chi connectivity index (χ3n) is 1.22. The smallest absolute Gasteiger partial charge is 0.0864 e. The maximum absolute atomic E-state index is 6.56. The van der Waals surface area contributed by atoms with E-state index in [2.05, 4.69) is 4.99 Å². The standard InChI is InChI=1S/C6H13N3.ClH/c1-2-6(3-4-7)9-5-8;/h6,8H,2-4,7H2,1H3;1H. The number of hydrogen-bond donors (Lipinski definition) is 2. The van der Waals surface area contributed by atoms with Crippen molar-refractivity contribution >= 4 is 18.4 Å². The highest BCUT2D eigenvalue weighted by molar-refractivity contribution is 5.85. The molecule has 0 aliphatic heterocycles. The summed E-state index contributed by atoms with van der Waals surface area (Å²) >= 11 is 0. The first-order chi connectivity index (χ1) is 4.35. The van der Waals surface area contributed by atoms with Gasteiger partial charge in [0.2, 0.25) is 0 Å². The zero-order valence-corrected chi connectivity index (χ0v) is 6.95. The first kappa shape index (κ1) is 12.3. The number of nitrogens with one attached hydrogen (secondary N) is 1. The normalized spacial score (nSPS) is 11.0. The van der Waals surface area contributed by atoms with E-state index in [0.717, 1.165) is 12.8 Å². The van der Waals surface area contributed by atoms with E-state index in [9.17, 15) is 0 Å². The minimum Gasteiger partial charge on any atom is -0.330 e. The molecule has 3 nitrogen and oxygen atoms in total. The van der Waals surface area contributed by atoms with Crippen LogP contribution in [0.25, 0.3) is 0 Å². The van der Waals surface area contributed by atoms with Crippen molar-refractivity contribution in [2.45, 2.75) is 25.8 Å². The number of hydrogen-bond acceptors (Lipinski definition) is 3. The molecule has 0 spiro atoms. The van der Waals surface area contributed by atoms with E-state index in [1.165, 1.54) is 0 Å². The highest BCUT2D eigenvalue weighted by Crippen LogP contribution is 1.99. The average molecular weight is 164 g/mol. The van der Waals surface area contributed by atoms with Gasteiger partial charge in [0.25, 0.3) is 0 Å². The predicted octanol–water partition coefficient (Wildman–Crippen LogP) is 1.29. The van der Waals surface area contributed by atoms with Gasteiger partial charge >= 0.3 is 0 Å². The molecule has 0 rings (SSSR count). The average Bonchev–Trinajstić information content (AvgIpc) is 1.88. The van der Waals surface area contributed by atoms with E-state index in [4.69, 9.17) is 11.1 Å². The molecule has 0 aliphatic rings. The summed E-state index contributed by atoms with van der Waals surface area (Å²) in [4.78, 5) is 3.77. The van der Waals surface area contributed by atoms with Crippen LogP contribution >= 0.6 is 12.4 Å². The van der Waals surface area contributed by atoms with E-state index >= 15 is 0 Å². The Morgan fingerprint density at radius 3 is 2.60 bits per heavy atom. The zero-order chi connectivity index (χ0) is 7.11. The Morgan fingerprint density at radius 2 is 2.30 bits per heavy atom. The minimum atomic E-state index is 0. The molecule has 0 radical (unpaired) electrons. The van der Waals surface area contributed by atoms with Crippen LogP contribution in [0.3, 0.4) is 0 Å². The Labute approximate surface area is 67.6 Å². The Morgan fingerprint density at radius 1 is 1.70 bits per heavy atom. The molecule has 0 amide bonds. The first-order valence-corrected chi connectivity index (χ1v) is 3.16. The molecule has 0 aliphatic carbocycles. The van der Waals surface area contributed by atoms with Gasteiger partial charge in [-0.1, -0.05) is 6.92 Å². The molecule has 1 atom stereocenters. The van der Waals surface area contributed by atoms with E-state index in [1.807, 2.05) is 12.9 Å². The summed E-state index contributed by atoms with van der Waals surface area (Å²) < 4.78 is 0. The lowest BCUT2D eigenvalue weighted by Crippen LogP contribution is -2.10. The summed E-state index contributed by atoms with van der Waals surface area (Å²) in [5.41, 5.74) is 5.29. The monoisotopic (exact) mass is 163 g/mol. The molecule has 0 heterocycles. The Bertz CT molecular complexity index is 110. The third-order valence-corrected chi connectivity index (χ3v) is 1.22. The number of rotatable bonds is 4. The summed E-state index contributed by atoms with van der Waals surface area (Å²) in [7, 11) is 0.